The quantitative estimate of drug-likeness (QED) is 0.772. The summed E-state index contributed by atoms with van der Waals surface area (Å²) in [5.74, 6) is 0.404. The molecule has 1 aliphatic rings. The van der Waals surface area contributed by atoms with Crippen molar-refractivity contribution >= 4 is 23.2 Å². The first-order chi connectivity index (χ1) is 8.65. The van der Waals surface area contributed by atoms with Crippen molar-refractivity contribution in [2.24, 2.45) is 0 Å². The van der Waals surface area contributed by atoms with E-state index < -0.39 is 0 Å². The Hall–Kier alpha value is -0.990. The smallest absolute Gasteiger partial charge is 0.0677 e. The van der Waals surface area contributed by atoms with E-state index in [4.69, 9.17) is 23.2 Å². The molecule has 2 atom stereocenters. The monoisotopic (exact) mass is 280 g/mol. The zero-order chi connectivity index (χ0) is 12.7. The van der Waals surface area contributed by atoms with Gasteiger partial charge >= 0.3 is 0 Å². The van der Waals surface area contributed by atoms with Gasteiger partial charge in [0.15, 0.2) is 0 Å². The van der Waals surface area contributed by atoms with Crippen LogP contribution in [0, 0.1) is 6.92 Å². The molecule has 0 bridgehead atoms. The van der Waals surface area contributed by atoms with Crippen LogP contribution in [0.4, 0.5) is 0 Å². The highest BCUT2D eigenvalue weighted by Crippen LogP contribution is 2.42. The molecular weight excluding hydrogens is 267 g/mol. The molecule has 1 aliphatic carbocycles. The summed E-state index contributed by atoms with van der Waals surface area (Å²) in [7, 11) is 0. The van der Waals surface area contributed by atoms with E-state index in [2.05, 4.69) is 16.3 Å². The number of nitrogens with one attached hydrogen (secondary N) is 1. The fourth-order valence-corrected chi connectivity index (χ4v) is 3.46. The van der Waals surface area contributed by atoms with Gasteiger partial charge in [0, 0.05) is 16.3 Å². The van der Waals surface area contributed by atoms with Crippen molar-refractivity contribution in [3.63, 3.8) is 0 Å². The van der Waals surface area contributed by atoms with Crippen LogP contribution >= 0.6 is 23.2 Å². The summed E-state index contributed by atoms with van der Waals surface area (Å²) in [6, 6.07) is 8.04. The number of H-pyrrole nitrogens is 1. The molecule has 0 amide bonds. The maximum atomic E-state index is 6.49. The lowest BCUT2D eigenvalue weighted by Crippen LogP contribution is -2.14. The molecule has 3 rings (SSSR count). The Morgan fingerprint density at radius 1 is 1.39 bits per heavy atom. The third kappa shape index (κ3) is 2.04. The van der Waals surface area contributed by atoms with Crippen LogP contribution in [-0.4, -0.2) is 10.2 Å². The molecule has 2 aromatic rings. The average Bonchev–Trinajstić information content (AvgIpc) is 2.71. The number of aryl methyl sites for hydroxylation is 1. The van der Waals surface area contributed by atoms with Gasteiger partial charge in [-0.2, -0.15) is 5.10 Å². The Morgan fingerprint density at radius 3 is 3.00 bits per heavy atom. The van der Waals surface area contributed by atoms with Crippen LogP contribution in [0.25, 0.3) is 0 Å². The van der Waals surface area contributed by atoms with Gasteiger partial charge in [-0.1, -0.05) is 23.7 Å². The van der Waals surface area contributed by atoms with Gasteiger partial charge in [0.05, 0.1) is 11.1 Å². The Bertz CT molecular complexity index is 577. The molecule has 0 spiro atoms. The Kier molecular flexibility index (Phi) is 3.08. The molecule has 2 unspecified atom stereocenters. The van der Waals surface area contributed by atoms with E-state index in [1.807, 2.05) is 25.1 Å². The predicted molar refractivity (Wildman–Crippen MR) is 74.4 cm³/mol. The molecule has 0 radical (unpaired) electrons. The second-order valence-corrected chi connectivity index (χ2v) is 5.83. The van der Waals surface area contributed by atoms with Crippen molar-refractivity contribution in [3.05, 3.63) is 51.8 Å². The summed E-state index contributed by atoms with van der Waals surface area (Å²) in [6.45, 7) is 2.03. The molecule has 2 nitrogen and oxygen atoms in total. The van der Waals surface area contributed by atoms with E-state index in [-0.39, 0.29) is 5.38 Å². The molecule has 18 heavy (non-hydrogen) atoms. The van der Waals surface area contributed by atoms with Crippen LogP contribution < -0.4 is 0 Å². The van der Waals surface area contributed by atoms with Gasteiger partial charge in [0.25, 0.3) is 0 Å². The van der Waals surface area contributed by atoms with Crippen molar-refractivity contribution in [2.45, 2.75) is 31.1 Å². The topological polar surface area (TPSA) is 28.7 Å². The third-order valence-corrected chi connectivity index (χ3v) is 4.27. The van der Waals surface area contributed by atoms with Crippen LogP contribution in [0.5, 0.6) is 0 Å². The van der Waals surface area contributed by atoms with Crippen molar-refractivity contribution in [1.29, 1.82) is 0 Å². The van der Waals surface area contributed by atoms with Gasteiger partial charge in [-0.05, 0) is 43.4 Å². The first-order valence-corrected chi connectivity index (χ1v) is 6.90. The maximum Gasteiger partial charge on any atom is 0.0677 e. The summed E-state index contributed by atoms with van der Waals surface area (Å²) in [5.41, 5.74) is 4.63. The highest BCUT2D eigenvalue weighted by Gasteiger charge is 2.30. The van der Waals surface area contributed by atoms with Gasteiger partial charge in [-0.3, -0.25) is 5.10 Å². The zero-order valence-corrected chi connectivity index (χ0v) is 11.6. The Balaban J connectivity index is 1.95. The van der Waals surface area contributed by atoms with E-state index in [1.54, 1.807) is 0 Å². The summed E-state index contributed by atoms with van der Waals surface area (Å²) >= 11 is 12.5. The molecule has 0 fully saturated rings. The van der Waals surface area contributed by atoms with Crippen LogP contribution in [0.3, 0.4) is 0 Å². The van der Waals surface area contributed by atoms with Crippen molar-refractivity contribution in [2.75, 3.05) is 0 Å². The first kappa shape index (κ1) is 12.1. The fraction of sp³-hybridized carbons (Fsp3) is 0.357. The number of aromatic amines is 1. The van der Waals surface area contributed by atoms with E-state index in [0.717, 1.165) is 29.3 Å². The summed E-state index contributed by atoms with van der Waals surface area (Å²) in [5, 5.41) is 8.21. The fourth-order valence-electron chi connectivity index (χ4n) is 2.76. The lowest BCUT2D eigenvalue weighted by atomic mass is 9.82. The van der Waals surface area contributed by atoms with E-state index in [1.165, 1.54) is 11.1 Å². The number of benzene rings is 1. The molecule has 1 heterocycles. The van der Waals surface area contributed by atoms with Gasteiger partial charge in [0.1, 0.15) is 0 Å². The number of nitrogens with zero attached hydrogens (tertiary/aromatic N) is 1. The predicted octanol–water partition coefficient (Wildman–Crippen LogP) is 4.38. The van der Waals surface area contributed by atoms with Crippen molar-refractivity contribution in [1.82, 2.24) is 10.2 Å². The van der Waals surface area contributed by atoms with Crippen LogP contribution in [0.1, 0.15) is 40.2 Å². The number of fused-ring (bicyclic) bond motifs is 1. The number of rotatable bonds is 1. The molecule has 0 saturated carbocycles. The lowest BCUT2D eigenvalue weighted by Gasteiger charge is -2.26. The minimum absolute atomic E-state index is 0.0384. The Morgan fingerprint density at radius 2 is 2.22 bits per heavy atom. The molecule has 0 aliphatic heterocycles. The number of hydrogen-bond donors (Lipinski definition) is 1. The number of alkyl halides is 1. The zero-order valence-electron chi connectivity index (χ0n) is 10.1. The summed E-state index contributed by atoms with van der Waals surface area (Å²) in [6.07, 6.45) is 1.87. The second-order valence-electron chi connectivity index (χ2n) is 4.87. The number of halogens is 2. The van der Waals surface area contributed by atoms with Gasteiger partial charge in [-0.15, -0.1) is 11.6 Å². The standard InChI is InChI=1S/C14H14Cl2N2/c1-8-14-12(16)6-10(7-13(14)18-17-8)9-3-2-4-11(15)5-9/h2-5,10,12H,6-7H2,1H3,(H,17,18). The largest absolute Gasteiger partial charge is 0.282 e. The van der Waals surface area contributed by atoms with Crippen LogP contribution in [0.15, 0.2) is 24.3 Å². The van der Waals surface area contributed by atoms with Gasteiger partial charge in [0.2, 0.25) is 0 Å². The minimum Gasteiger partial charge on any atom is -0.282 e. The third-order valence-electron chi connectivity index (χ3n) is 3.64. The molecule has 1 N–H and O–H groups in total. The SMILES string of the molecule is Cc1[nH]nc2c1C(Cl)CC(c1cccc(Cl)c1)C2. The van der Waals surface area contributed by atoms with Crippen LogP contribution in [0.2, 0.25) is 5.02 Å². The van der Waals surface area contributed by atoms with Gasteiger partial charge in [-0.25, -0.2) is 0 Å². The summed E-state index contributed by atoms with van der Waals surface area (Å²) < 4.78 is 0. The van der Waals surface area contributed by atoms with E-state index in [9.17, 15) is 0 Å². The minimum atomic E-state index is 0.0384. The normalized spacial score (nSPS) is 22.8. The van der Waals surface area contributed by atoms with Gasteiger partial charge < -0.3 is 0 Å². The molecular formula is C14H14Cl2N2. The number of hydrogen-bond acceptors (Lipinski definition) is 1. The highest BCUT2D eigenvalue weighted by atomic mass is 35.5. The maximum absolute atomic E-state index is 6.49. The highest BCUT2D eigenvalue weighted by molar-refractivity contribution is 6.30. The van der Waals surface area contributed by atoms with E-state index in [0.29, 0.717) is 5.92 Å². The first-order valence-electron chi connectivity index (χ1n) is 6.08. The van der Waals surface area contributed by atoms with Crippen molar-refractivity contribution < 1.29 is 0 Å². The van der Waals surface area contributed by atoms with E-state index >= 15 is 0 Å². The average molecular weight is 281 g/mol. The van der Waals surface area contributed by atoms with Crippen LogP contribution in [-0.2, 0) is 6.42 Å². The Labute approximate surface area is 116 Å². The second kappa shape index (κ2) is 4.60. The molecule has 0 saturated heterocycles. The number of aromatic nitrogens is 2. The summed E-state index contributed by atoms with van der Waals surface area (Å²) in [4.78, 5) is 0. The molecule has 94 valence electrons. The lowest BCUT2D eigenvalue weighted by molar-refractivity contribution is 0.564. The molecule has 1 aromatic heterocycles. The van der Waals surface area contributed by atoms with Crippen molar-refractivity contribution in [3.8, 4) is 0 Å². The molecule has 1 aromatic carbocycles. The molecule has 4 heteroatoms.